The van der Waals surface area contributed by atoms with Crippen LogP contribution in [0.5, 0.6) is 0 Å². The summed E-state index contributed by atoms with van der Waals surface area (Å²) in [7, 11) is 0. The first-order valence-electron chi connectivity index (χ1n) is 6.71. The Labute approximate surface area is 116 Å². The number of aromatic nitrogens is 3. The lowest BCUT2D eigenvalue weighted by Crippen LogP contribution is -2.39. The van der Waals surface area contributed by atoms with Crippen molar-refractivity contribution in [2.45, 2.75) is 25.5 Å². The summed E-state index contributed by atoms with van der Waals surface area (Å²) >= 11 is 0. The molecule has 3 rings (SSSR count). The number of imidazole rings is 1. The fraction of sp³-hybridized carbons (Fsp3) is 0.357. The van der Waals surface area contributed by atoms with Gasteiger partial charge in [-0.15, -0.1) is 0 Å². The molecule has 1 aliphatic rings. The summed E-state index contributed by atoms with van der Waals surface area (Å²) in [6, 6.07) is 5.33. The highest BCUT2D eigenvalue weighted by atomic mass is 16.5. The minimum Gasteiger partial charge on any atom is -0.359 e. The van der Waals surface area contributed by atoms with Crippen LogP contribution in [0.25, 0.3) is 5.82 Å². The molecule has 20 heavy (non-hydrogen) atoms. The predicted octanol–water partition coefficient (Wildman–Crippen LogP) is 1.52. The first kappa shape index (κ1) is 12.8. The maximum atomic E-state index is 12.2. The molecule has 0 spiro atoms. The van der Waals surface area contributed by atoms with Crippen LogP contribution in [0.1, 0.15) is 29.8 Å². The SMILES string of the molecule is O=C(NC1CCCCO1)c1cccc(-n2ccnc2)n1. The highest BCUT2D eigenvalue weighted by Crippen LogP contribution is 2.11. The van der Waals surface area contributed by atoms with Gasteiger partial charge in [0.05, 0.1) is 0 Å². The van der Waals surface area contributed by atoms with E-state index in [0.717, 1.165) is 19.3 Å². The quantitative estimate of drug-likeness (QED) is 0.919. The highest BCUT2D eigenvalue weighted by molar-refractivity contribution is 5.92. The molecule has 1 saturated heterocycles. The van der Waals surface area contributed by atoms with Crippen molar-refractivity contribution >= 4 is 5.91 Å². The molecule has 0 radical (unpaired) electrons. The van der Waals surface area contributed by atoms with Crippen LogP contribution in [-0.2, 0) is 4.74 Å². The van der Waals surface area contributed by atoms with Gasteiger partial charge in [-0.1, -0.05) is 6.07 Å². The van der Waals surface area contributed by atoms with Gasteiger partial charge in [-0.05, 0) is 31.4 Å². The number of pyridine rings is 1. The number of amides is 1. The molecule has 1 aliphatic heterocycles. The summed E-state index contributed by atoms with van der Waals surface area (Å²) in [5.74, 6) is 0.457. The molecule has 0 aliphatic carbocycles. The van der Waals surface area contributed by atoms with E-state index in [1.54, 1.807) is 35.4 Å². The van der Waals surface area contributed by atoms with E-state index in [9.17, 15) is 4.79 Å². The van der Waals surface area contributed by atoms with E-state index >= 15 is 0 Å². The van der Waals surface area contributed by atoms with E-state index in [1.165, 1.54) is 0 Å². The van der Waals surface area contributed by atoms with E-state index < -0.39 is 0 Å². The van der Waals surface area contributed by atoms with Crippen LogP contribution in [0.15, 0.2) is 36.9 Å². The van der Waals surface area contributed by atoms with Crippen molar-refractivity contribution in [3.63, 3.8) is 0 Å². The summed E-state index contributed by atoms with van der Waals surface area (Å²) in [5.41, 5.74) is 0.380. The molecule has 0 bridgehead atoms. The number of carbonyl (C=O) groups is 1. The summed E-state index contributed by atoms with van der Waals surface area (Å²) in [4.78, 5) is 20.5. The van der Waals surface area contributed by atoms with Crippen molar-refractivity contribution in [3.05, 3.63) is 42.6 Å². The lowest BCUT2D eigenvalue weighted by molar-refractivity contribution is -0.00278. The second kappa shape index (κ2) is 5.83. The maximum Gasteiger partial charge on any atom is 0.271 e. The Morgan fingerprint density at radius 2 is 2.35 bits per heavy atom. The van der Waals surface area contributed by atoms with Crippen LogP contribution in [0.4, 0.5) is 0 Å². The average molecular weight is 272 g/mol. The molecule has 0 aromatic carbocycles. The lowest BCUT2D eigenvalue weighted by Gasteiger charge is -2.23. The Balaban J connectivity index is 1.73. The summed E-state index contributed by atoms with van der Waals surface area (Å²) in [6.45, 7) is 0.702. The van der Waals surface area contributed by atoms with Crippen LogP contribution >= 0.6 is 0 Å². The van der Waals surface area contributed by atoms with E-state index in [0.29, 0.717) is 18.1 Å². The van der Waals surface area contributed by atoms with Crippen LogP contribution in [0, 0.1) is 0 Å². The van der Waals surface area contributed by atoms with Crippen molar-refractivity contribution in [2.24, 2.45) is 0 Å². The number of hydrogen-bond donors (Lipinski definition) is 1. The lowest BCUT2D eigenvalue weighted by atomic mass is 10.2. The van der Waals surface area contributed by atoms with Crippen LogP contribution in [-0.4, -0.2) is 33.3 Å². The Hall–Kier alpha value is -2.21. The van der Waals surface area contributed by atoms with Gasteiger partial charge in [-0.25, -0.2) is 9.97 Å². The van der Waals surface area contributed by atoms with E-state index in [4.69, 9.17) is 4.74 Å². The zero-order chi connectivity index (χ0) is 13.8. The van der Waals surface area contributed by atoms with Gasteiger partial charge in [0.2, 0.25) is 0 Å². The Morgan fingerprint density at radius 1 is 1.40 bits per heavy atom. The molecule has 1 atom stereocenters. The number of hydrogen-bond acceptors (Lipinski definition) is 4. The van der Waals surface area contributed by atoms with Crippen molar-refractivity contribution in [1.82, 2.24) is 19.9 Å². The Morgan fingerprint density at radius 3 is 3.10 bits per heavy atom. The minimum atomic E-state index is -0.209. The van der Waals surface area contributed by atoms with Gasteiger partial charge in [0.15, 0.2) is 0 Å². The van der Waals surface area contributed by atoms with E-state index in [1.807, 2.05) is 6.07 Å². The van der Waals surface area contributed by atoms with Gasteiger partial charge in [0.1, 0.15) is 24.1 Å². The number of nitrogens with zero attached hydrogens (tertiary/aromatic N) is 3. The van der Waals surface area contributed by atoms with Gasteiger partial charge in [-0.3, -0.25) is 9.36 Å². The van der Waals surface area contributed by atoms with Crippen molar-refractivity contribution < 1.29 is 9.53 Å². The normalized spacial score (nSPS) is 18.7. The molecule has 2 aromatic rings. The second-order valence-electron chi connectivity index (χ2n) is 4.68. The number of carbonyl (C=O) groups excluding carboxylic acids is 1. The van der Waals surface area contributed by atoms with Crippen molar-refractivity contribution in [3.8, 4) is 5.82 Å². The Bertz CT molecular complexity index is 577. The van der Waals surface area contributed by atoms with Crippen LogP contribution in [0.2, 0.25) is 0 Å². The molecule has 3 heterocycles. The van der Waals surface area contributed by atoms with Gasteiger partial charge in [-0.2, -0.15) is 0 Å². The molecule has 6 nitrogen and oxygen atoms in total. The summed E-state index contributed by atoms with van der Waals surface area (Å²) in [6.07, 6.45) is 7.89. The van der Waals surface area contributed by atoms with Gasteiger partial charge in [0.25, 0.3) is 5.91 Å². The zero-order valence-electron chi connectivity index (χ0n) is 11.0. The van der Waals surface area contributed by atoms with E-state index in [-0.39, 0.29) is 12.1 Å². The molecular formula is C14H16N4O2. The molecule has 1 unspecified atom stereocenters. The first-order chi connectivity index (χ1) is 9.83. The monoisotopic (exact) mass is 272 g/mol. The fourth-order valence-electron chi connectivity index (χ4n) is 2.16. The zero-order valence-corrected chi connectivity index (χ0v) is 11.0. The molecule has 0 saturated carbocycles. The number of nitrogens with one attached hydrogen (secondary N) is 1. The topological polar surface area (TPSA) is 69.0 Å². The summed E-state index contributed by atoms with van der Waals surface area (Å²) in [5, 5.41) is 2.86. The van der Waals surface area contributed by atoms with Crippen LogP contribution < -0.4 is 5.32 Å². The molecule has 2 aromatic heterocycles. The highest BCUT2D eigenvalue weighted by Gasteiger charge is 2.18. The minimum absolute atomic E-state index is 0.199. The standard InChI is InChI=1S/C14H16N4O2/c19-14(17-13-6-1-2-9-20-13)11-4-3-5-12(16-11)18-8-7-15-10-18/h3-5,7-8,10,13H,1-2,6,9H2,(H,17,19). The van der Waals surface area contributed by atoms with Crippen molar-refractivity contribution in [2.75, 3.05) is 6.61 Å². The maximum absolute atomic E-state index is 12.2. The third kappa shape index (κ3) is 2.85. The van der Waals surface area contributed by atoms with Gasteiger partial charge >= 0.3 is 0 Å². The fourth-order valence-corrected chi connectivity index (χ4v) is 2.16. The molecule has 1 fully saturated rings. The molecular weight excluding hydrogens is 256 g/mol. The first-order valence-corrected chi connectivity index (χ1v) is 6.71. The largest absolute Gasteiger partial charge is 0.359 e. The Kier molecular flexibility index (Phi) is 3.73. The summed E-state index contributed by atoms with van der Waals surface area (Å²) < 4.78 is 7.26. The third-order valence-corrected chi connectivity index (χ3v) is 3.21. The number of rotatable bonds is 3. The van der Waals surface area contributed by atoms with Gasteiger partial charge < -0.3 is 10.1 Å². The van der Waals surface area contributed by atoms with Crippen molar-refractivity contribution in [1.29, 1.82) is 0 Å². The number of ether oxygens (including phenoxy) is 1. The molecule has 104 valence electrons. The molecule has 1 N–H and O–H groups in total. The molecule has 1 amide bonds. The van der Waals surface area contributed by atoms with Crippen LogP contribution in [0.3, 0.4) is 0 Å². The molecule has 6 heteroatoms. The predicted molar refractivity (Wildman–Crippen MR) is 72.4 cm³/mol. The second-order valence-corrected chi connectivity index (χ2v) is 4.68. The average Bonchev–Trinajstić information content (AvgIpc) is 3.03. The third-order valence-electron chi connectivity index (χ3n) is 3.21. The smallest absolute Gasteiger partial charge is 0.271 e. The van der Waals surface area contributed by atoms with E-state index in [2.05, 4.69) is 15.3 Å². The van der Waals surface area contributed by atoms with Gasteiger partial charge in [0, 0.05) is 19.0 Å².